The van der Waals surface area contributed by atoms with Crippen LogP contribution in [0, 0.1) is 13.8 Å². The number of carbonyl (C=O) groups is 2. The summed E-state index contributed by atoms with van der Waals surface area (Å²) in [6, 6.07) is 9.27. The lowest BCUT2D eigenvalue weighted by atomic mass is 10.0. The number of hydrogen-bond acceptors (Lipinski definition) is 4. The van der Waals surface area contributed by atoms with Crippen LogP contribution in [0.5, 0.6) is 0 Å². The Hall–Kier alpha value is -3.28. The molecule has 132 valence electrons. The molecule has 2 aromatic heterocycles. The molecule has 0 aliphatic rings. The molecule has 2 amide bonds. The molecule has 6 heteroatoms. The molecule has 6 nitrogen and oxygen atoms in total. The minimum absolute atomic E-state index is 0.177. The topological polar surface area (TPSA) is 84.0 Å². The van der Waals surface area contributed by atoms with Gasteiger partial charge < -0.3 is 10.6 Å². The number of nitrogens with one attached hydrogen (secondary N) is 2. The van der Waals surface area contributed by atoms with Gasteiger partial charge in [0.05, 0.1) is 23.0 Å². The molecule has 3 rings (SSSR count). The summed E-state index contributed by atoms with van der Waals surface area (Å²) < 4.78 is 0. The summed E-state index contributed by atoms with van der Waals surface area (Å²) in [6.45, 7) is 4.18. The van der Waals surface area contributed by atoms with Gasteiger partial charge >= 0.3 is 0 Å². The summed E-state index contributed by atoms with van der Waals surface area (Å²) in [5, 5.41) is 6.50. The maximum Gasteiger partial charge on any atom is 0.253 e. The summed E-state index contributed by atoms with van der Waals surface area (Å²) in [7, 11) is 0. The Kier molecular flexibility index (Phi) is 5.22. The first-order chi connectivity index (χ1) is 12.5. The molecule has 0 radical (unpaired) electrons. The highest BCUT2D eigenvalue weighted by Crippen LogP contribution is 2.22. The first-order valence-electron chi connectivity index (χ1n) is 8.38. The average Bonchev–Trinajstić information content (AvgIpc) is 2.62. The maximum atomic E-state index is 12.6. The van der Waals surface area contributed by atoms with Crippen LogP contribution >= 0.6 is 0 Å². The molecular weight excluding hydrogens is 328 g/mol. The van der Waals surface area contributed by atoms with Crippen LogP contribution in [-0.4, -0.2) is 28.3 Å². The molecule has 0 atom stereocenters. The monoisotopic (exact) mass is 348 g/mol. The van der Waals surface area contributed by atoms with Crippen molar-refractivity contribution in [1.29, 1.82) is 0 Å². The molecule has 3 aromatic rings. The summed E-state index contributed by atoms with van der Waals surface area (Å²) in [4.78, 5) is 32.8. The van der Waals surface area contributed by atoms with Gasteiger partial charge in [-0.25, -0.2) is 0 Å². The lowest BCUT2D eigenvalue weighted by molar-refractivity contribution is -0.116. The Morgan fingerprint density at radius 2 is 1.96 bits per heavy atom. The number of benzene rings is 1. The number of anilines is 1. The maximum absolute atomic E-state index is 12.6. The average molecular weight is 348 g/mol. The van der Waals surface area contributed by atoms with E-state index in [0.717, 1.165) is 16.5 Å². The SMILES string of the molecule is Cc1cc(C(=O)NCCC(=O)Nc2cccnc2)c2nccc(C)c2c1. The van der Waals surface area contributed by atoms with Crippen molar-refractivity contribution in [3.05, 3.63) is 65.6 Å². The van der Waals surface area contributed by atoms with Crippen molar-refractivity contribution in [1.82, 2.24) is 15.3 Å². The first-order valence-corrected chi connectivity index (χ1v) is 8.38. The van der Waals surface area contributed by atoms with E-state index in [1.807, 2.05) is 32.0 Å². The van der Waals surface area contributed by atoms with Gasteiger partial charge in [0.1, 0.15) is 0 Å². The van der Waals surface area contributed by atoms with E-state index in [1.165, 1.54) is 0 Å². The number of carbonyl (C=O) groups excluding carboxylic acids is 2. The van der Waals surface area contributed by atoms with E-state index in [4.69, 9.17) is 0 Å². The second-order valence-corrected chi connectivity index (χ2v) is 6.13. The van der Waals surface area contributed by atoms with E-state index in [9.17, 15) is 9.59 Å². The van der Waals surface area contributed by atoms with Crippen molar-refractivity contribution in [3.8, 4) is 0 Å². The van der Waals surface area contributed by atoms with E-state index >= 15 is 0 Å². The highest BCUT2D eigenvalue weighted by atomic mass is 16.2. The second-order valence-electron chi connectivity index (χ2n) is 6.13. The Bertz CT molecular complexity index is 955. The van der Waals surface area contributed by atoms with Crippen molar-refractivity contribution in [2.24, 2.45) is 0 Å². The minimum Gasteiger partial charge on any atom is -0.351 e. The minimum atomic E-state index is -0.231. The molecule has 0 aliphatic heterocycles. The van der Waals surface area contributed by atoms with Gasteiger partial charge in [-0.05, 0) is 55.3 Å². The van der Waals surface area contributed by atoms with Gasteiger partial charge in [-0.2, -0.15) is 0 Å². The van der Waals surface area contributed by atoms with Gasteiger partial charge in [0.2, 0.25) is 5.91 Å². The Labute approximate surface area is 151 Å². The van der Waals surface area contributed by atoms with Crippen molar-refractivity contribution >= 4 is 28.4 Å². The fraction of sp³-hybridized carbons (Fsp3) is 0.200. The van der Waals surface area contributed by atoms with Crippen LogP contribution in [0.2, 0.25) is 0 Å². The lowest BCUT2D eigenvalue weighted by Gasteiger charge is -2.10. The van der Waals surface area contributed by atoms with Crippen LogP contribution in [-0.2, 0) is 4.79 Å². The van der Waals surface area contributed by atoms with Crippen molar-refractivity contribution in [3.63, 3.8) is 0 Å². The van der Waals surface area contributed by atoms with Gasteiger partial charge in [-0.15, -0.1) is 0 Å². The van der Waals surface area contributed by atoms with Crippen molar-refractivity contribution in [2.75, 3.05) is 11.9 Å². The largest absolute Gasteiger partial charge is 0.351 e. The van der Waals surface area contributed by atoms with Gasteiger partial charge in [0.25, 0.3) is 5.91 Å². The number of nitrogens with zero attached hydrogens (tertiary/aromatic N) is 2. The van der Waals surface area contributed by atoms with Crippen LogP contribution in [0.15, 0.2) is 48.9 Å². The zero-order valence-corrected chi connectivity index (χ0v) is 14.7. The third-order valence-electron chi connectivity index (χ3n) is 4.03. The van der Waals surface area contributed by atoms with Crippen LogP contribution in [0.4, 0.5) is 5.69 Å². The molecule has 0 saturated carbocycles. The van der Waals surface area contributed by atoms with E-state index in [1.54, 1.807) is 30.7 Å². The quantitative estimate of drug-likeness (QED) is 0.742. The molecular formula is C20H20N4O2. The number of rotatable bonds is 5. The van der Waals surface area contributed by atoms with Gasteiger partial charge in [0, 0.05) is 30.7 Å². The van der Waals surface area contributed by atoms with Crippen LogP contribution in [0.3, 0.4) is 0 Å². The highest BCUT2D eigenvalue weighted by molar-refractivity contribution is 6.06. The third kappa shape index (κ3) is 4.03. The smallest absolute Gasteiger partial charge is 0.253 e. The van der Waals surface area contributed by atoms with E-state index < -0.39 is 0 Å². The Morgan fingerprint density at radius 1 is 1.12 bits per heavy atom. The predicted octanol–water partition coefficient (Wildman–Crippen LogP) is 3.01. The fourth-order valence-corrected chi connectivity index (χ4v) is 2.75. The number of aryl methyl sites for hydroxylation is 2. The molecule has 0 spiro atoms. The molecule has 2 heterocycles. The zero-order valence-electron chi connectivity index (χ0n) is 14.7. The molecule has 0 fully saturated rings. The number of fused-ring (bicyclic) bond motifs is 1. The molecule has 2 N–H and O–H groups in total. The number of pyridine rings is 2. The molecule has 1 aromatic carbocycles. The highest BCUT2D eigenvalue weighted by Gasteiger charge is 2.13. The van der Waals surface area contributed by atoms with E-state index in [0.29, 0.717) is 16.8 Å². The van der Waals surface area contributed by atoms with E-state index in [-0.39, 0.29) is 24.8 Å². The molecule has 0 bridgehead atoms. The van der Waals surface area contributed by atoms with Crippen LogP contribution in [0.25, 0.3) is 10.9 Å². The predicted molar refractivity (Wildman–Crippen MR) is 101 cm³/mol. The summed E-state index contributed by atoms with van der Waals surface area (Å²) in [5.41, 5.74) is 3.90. The number of aromatic nitrogens is 2. The first kappa shape index (κ1) is 17.5. The Balaban J connectivity index is 1.65. The molecule has 0 saturated heterocycles. The third-order valence-corrected chi connectivity index (χ3v) is 4.03. The summed E-state index contributed by atoms with van der Waals surface area (Å²) in [6.07, 6.45) is 5.09. The van der Waals surface area contributed by atoms with E-state index in [2.05, 4.69) is 20.6 Å². The standard InChI is InChI=1S/C20H20N4O2/c1-13-10-16-14(2)5-8-22-19(16)17(11-13)20(26)23-9-6-18(25)24-15-4-3-7-21-12-15/h3-5,7-8,10-12H,6,9H2,1-2H3,(H,23,26)(H,24,25). The number of amides is 2. The van der Waals surface area contributed by atoms with Crippen LogP contribution in [0.1, 0.15) is 27.9 Å². The normalized spacial score (nSPS) is 10.5. The molecule has 26 heavy (non-hydrogen) atoms. The summed E-state index contributed by atoms with van der Waals surface area (Å²) >= 11 is 0. The Morgan fingerprint density at radius 3 is 2.73 bits per heavy atom. The fourth-order valence-electron chi connectivity index (χ4n) is 2.75. The van der Waals surface area contributed by atoms with Gasteiger partial charge in [-0.1, -0.05) is 0 Å². The van der Waals surface area contributed by atoms with Gasteiger partial charge in [-0.3, -0.25) is 19.6 Å². The summed E-state index contributed by atoms with van der Waals surface area (Å²) in [5.74, 6) is -0.410. The number of hydrogen-bond donors (Lipinski definition) is 2. The second kappa shape index (κ2) is 7.74. The van der Waals surface area contributed by atoms with Crippen molar-refractivity contribution < 1.29 is 9.59 Å². The van der Waals surface area contributed by atoms with Crippen LogP contribution < -0.4 is 10.6 Å². The lowest BCUT2D eigenvalue weighted by Crippen LogP contribution is -2.28. The van der Waals surface area contributed by atoms with Gasteiger partial charge in [0.15, 0.2) is 0 Å². The molecule has 0 aliphatic carbocycles. The zero-order chi connectivity index (χ0) is 18.5. The molecule has 0 unspecified atom stereocenters. The van der Waals surface area contributed by atoms with Crippen molar-refractivity contribution in [2.45, 2.75) is 20.3 Å².